The van der Waals surface area contributed by atoms with E-state index in [4.69, 9.17) is 0 Å². The molecular weight excluding hydrogens is 271 g/mol. The van der Waals surface area contributed by atoms with Crippen LogP contribution in [0.25, 0.3) is 6.08 Å². The zero-order valence-corrected chi connectivity index (χ0v) is 10.9. The Bertz CT molecular complexity index is 741. The van der Waals surface area contributed by atoms with Crippen molar-refractivity contribution in [3.63, 3.8) is 0 Å². The van der Waals surface area contributed by atoms with Crippen LogP contribution in [0.15, 0.2) is 60.2 Å². The number of carbonyl (C=O) groups excluding carboxylic acids is 2. The summed E-state index contributed by atoms with van der Waals surface area (Å²) in [6.45, 7) is 0. The van der Waals surface area contributed by atoms with Crippen LogP contribution in [0.1, 0.15) is 5.56 Å². The van der Waals surface area contributed by atoms with Crippen LogP contribution in [-0.2, 0) is 9.59 Å². The van der Waals surface area contributed by atoms with Crippen LogP contribution in [0.3, 0.4) is 0 Å². The maximum atomic E-state index is 13.6. The van der Waals surface area contributed by atoms with Gasteiger partial charge in [-0.1, -0.05) is 36.4 Å². The molecule has 0 saturated carbocycles. The Morgan fingerprint density at radius 2 is 1.62 bits per heavy atom. The molecule has 0 bridgehead atoms. The van der Waals surface area contributed by atoms with E-state index in [2.05, 4.69) is 5.43 Å². The van der Waals surface area contributed by atoms with Gasteiger partial charge >= 0.3 is 0 Å². The number of hydrazine groups is 1. The number of amides is 2. The Labute approximate surface area is 120 Å². The van der Waals surface area contributed by atoms with Crippen LogP contribution in [0.5, 0.6) is 0 Å². The summed E-state index contributed by atoms with van der Waals surface area (Å²) in [6, 6.07) is 14.7. The van der Waals surface area contributed by atoms with Gasteiger partial charge in [-0.25, -0.2) is 9.40 Å². The quantitative estimate of drug-likeness (QED) is 0.678. The van der Waals surface area contributed by atoms with E-state index in [1.807, 2.05) is 6.07 Å². The molecule has 1 N–H and O–H groups in total. The maximum Gasteiger partial charge on any atom is 0.282 e. The Balaban J connectivity index is 1.97. The molecule has 1 heterocycles. The van der Waals surface area contributed by atoms with Gasteiger partial charge in [0, 0.05) is 5.56 Å². The summed E-state index contributed by atoms with van der Waals surface area (Å²) in [4.78, 5) is 24.2. The number of carbonyl (C=O) groups is 2. The molecule has 0 aliphatic carbocycles. The Kier molecular flexibility index (Phi) is 3.23. The molecule has 0 unspecified atom stereocenters. The SMILES string of the molecule is O=C1NN(c2ccccc2)C(=O)/C1=C\c1ccccc1F. The highest BCUT2D eigenvalue weighted by Crippen LogP contribution is 2.21. The van der Waals surface area contributed by atoms with E-state index in [1.165, 1.54) is 18.2 Å². The second kappa shape index (κ2) is 5.20. The lowest BCUT2D eigenvalue weighted by Crippen LogP contribution is -2.35. The molecule has 2 amide bonds. The number of hydrogen-bond acceptors (Lipinski definition) is 2. The molecule has 2 aromatic rings. The molecule has 1 fully saturated rings. The zero-order valence-electron chi connectivity index (χ0n) is 10.9. The highest BCUT2D eigenvalue weighted by atomic mass is 19.1. The number of nitrogens with one attached hydrogen (secondary N) is 1. The number of benzene rings is 2. The van der Waals surface area contributed by atoms with Gasteiger partial charge in [-0.15, -0.1) is 0 Å². The third-order valence-electron chi connectivity index (χ3n) is 3.11. The van der Waals surface area contributed by atoms with Gasteiger partial charge in [0.1, 0.15) is 11.4 Å². The van der Waals surface area contributed by atoms with Crippen molar-refractivity contribution in [1.29, 1.82) is 0 Å². The van der Waals surface area contributed by atoms with Crippen molar-refractivity contribution in [3.05, 3.63) is 71.6 Å². The topological polar surface area (TPSA) is 49.4 Å². The minimum Gasteiger partial charge on any atom is -0.267 e. The van der Waals surface area contributed by atoms with Crippen molar-refractivity contribution in [3.8, 4) is 0 Å². The first kappa shape index (κ1) is 13.1. The van der Waals surface area contributed by atoms with Crippen molar-refractivity contribution in [2.24, 2.45) is 0 Å². The molecule has 21 heavy (non-hydrogen) atoms. The fraction of sp³-hybridized carbons (Fsp3) is 0. The number of hydrogen-bond donors (Lipinski definition) is 1. The van der Waals surface area contributed by atoms with E-state index >= 15 is 0 Å². The van der Waals surface area contributed by atoms with Crippen LogP contribution >= 0.6 is 0 Å². The summed E-state index contributed by atoms with van der Waals surface area (Å²) in [6.07, 6.45) is 1.26. The molecule has 1 aliphatic rings. The summed E-state index contributed by atoms with van der Waals surface area (Å²) in [5.74, 6) is -1.54. The van der Waals surface area contributed by atoms with Crippen LogP contribution < -0.4 is 10.4 Å². The number of anilines is 1. The van der Waals surface area contributed by atoms with Crippen LogP contribution in [0.4, 0.5) is 10.1 Å². The molecule has 4 nitrogen and oxygen atoms in total. The van der Waals surface area contributed by atoms with Crippen molar-refractivity contribution >= 4 is 23.6 Å². The number of nitrogens with zero attached hydrogens (tertiary/aromatic N) is 1. The van der Waals surface area contributed by atoms with Gasteiger partial charge in [-0.2, -0.15) is 0 Å². The smallest absolute Gasteiger partial charge is 0.267 e. The van der Waals surface area contributed by atoms with Crippen molar-refractivity contribution < 1.29 is 14.0 Å². The number of para-hydroxylation sites is 1. The molecular formula is C16H11FN2O2. The van der Waals surface area contributed by atoms with E-state index in [1.54, 1.807) is 36.4 Å². The van der Waals surface area contributed by atoms with Crippen molar-refractivity contribution in [2.75, 3.05) is 5.01 Å². The first-order chi connectivity index (χ1) is 10.2. The molecule has 0 radical (unpaired) electrons. The van der Waals surface area contributed by atoms with Gasteiger partial charge in [0.05, 0.1) is 5.69 Å². The summed E-state index contributed by atoms with van der Waals surface area (Å²) in [5, 5.41) is 1.15. The molecule has 0 spiro atoms. The normalized spacial score (nSPS) is 16.4. The monoisotopic (exact) mass is 282 g/mol. The molecule has 2 aromatic carbocycles. The predicted octanol–water partition coefficient (Wildman–Crippen LogP) is 2.29. The first-order valence-electron chi connectivity index (χ1n) is 6.33. The van der Waals surface area contributed by atoms with Crippen LogP contribution in [0.2, 0.25) is 0 Å². The lowest BCUT2D eigenvalue weighted by atomic mass is 10.1. The third kappa shape index (κ3) is 2.41. The number of rotatable bonds is 2. The highest BCUT2D eigenvalue weighted by Gasteiger charge is 2.34. The first-order valence-corrected chi connectivity index (χ1v) is 6.33. The van der Waals surface area contributed by atoms with E-state index in [-0.39, 0.29) is 11.1 Å². The average Bonchev–Trinajstić information content (AvgIpc) is 2.78. The van der Waals surface area contributed by atoms with Gasteiger partial charge in [-0.05, 0) is 24.3 Å². The van der Waals surface area contributed by atoms with E-state index in [9.17, 15) is 14.0 Å². The molecule has 104 valence electrons. The minimum absolute atomic E-state index is 0.0936. The standard InChI is InChI=1S/C16H11FN2O2/c17-14-9-5-4-6-11(14)10-13-15(20)18-19(16(13)21)12-7-2-1-3-8-12/h1-10H,(H,18,20)/b13-10-. The molecule has 1 saturated heterocycles. The van der Waals surface area contributed by atoms with E-state index < -0.39 is 17.6 Å². The lowest BCUT2D eigenvalue weighted by Gasteiger charge is -2.13. The molecule has 1 aliphatic heterocycles. The average molecular weight is 282 g/mol. The van der Waals surface area contributed by atoms with E-state index in [0.717, 1.165) is 5.01 Å². The Hall–Kier alpha value is -2.95. The summed E-state index contributed by atoms with van der Waals surface area (Å²) in [7, 11) is 0. The predicted molar refractivity (Wildman–Crippen MR) is 76.4 cm³/mol. The van der Waals surface area contributed by atoms with Crippen LogP contribution in [-0.4, -0.2) is 11.8 Å². The lowest BCUT2D eigenvalue weighted by molar-refractivity contribution is -0.117. The fourth-order valence-corrected chi connectivity index (χ4v) is 2.06. The third-order valence-corrected chi connectivity index (χ3v) is 3.11. The summed E-state index contributed by atoms with van der Waals surface area (Å²) < 4.78 is 13.6. The zero-order chi connectivity index (χ0) is 14.8. The molecule has 0 aromatic heterocycles. The van der Waals surface area contributed by atoms with Gasteiger partial charge in [-0.3, -0.25) is 15.0 Å². The second-order valence-corrected chi connectivity index (χ2v) is 4.50. The minimum atomic E-state index is -0.549. The second-order valence-electron chi connectivity index (χ2n) is 4.50. The molecule has 5 heteroatoms. The highest BCUT2D eigenvalue weighted by molar-refractivity contribution is 6.31. The fourth-order valence-electron chi connectivity index (χ4n) is 2.06. The van der Waals surface area contributed by atoms with Gasteiger partial charge in [0.25, 0.3) is 11.8 Å². The van der Waals surface area contributed by atoms with Gasteiger partial charge in [0.2, 0.25) is 0 Å². The van der Waals surface area contributed by atoms with Gasteiger partial charge in [0.15, 0.2) is 0 Å². The van der Waals surface area contributed by atoms with E-state index in [0.29, 0.717) is 5.69 Å². The summed E-state index contributed by atoms with van der Waals surface area (Å²) in [5.41, 5.74) is 3.12. The largest absolute Gasteiger partial charge is 0.282 e. The Morgan fingerprint density at radius 1 is 0.952 bits per heavy atom. The van der Waals surface area contributed by atoms with Crippen LogP contribution in [0, 0.1) is 5.82 Å². The van der Waals surface area contributed by atoms with Crippen molar-refractivity contribution in [1.82, 2.24) is 5.43 Å². The van der Waals surface area contributed by atoms with Crippen molar-refractivity contribution in [2.45, 2.75) is 0 Å². The Morgan fingerprint density at radius 3 is 2.33 bits per heavy atom. The molecule has 0 atom stereocenters. The van der Waals surface area contributed by atoms with Gasteiger partial charge < -0.3 is 0 Å². The number of halogens is 1. The summed E-state index contributed by atoms with van der Waals surface area (Å²) >= 11 is 0. The maximum absolute atomic E-state index is 13.6. The molecule has 3 rings (SSSR count).